The van der Waals surface area contributed by atoms with Gasteiger partial charge < -0.3 is 10.2 Å². The van der Waals surface area contributed by atoms with Crippen molar-refractivity contribution in [1.82, 2.24) is 10.2 Å². The minimum atomic E-state index is 0.486. The van der Waals surface area contributed by atoms with Crippen molar-refractivity contribution in [2.75, 3.05) is 26.7 Å². The summed E-state index contributed by atoms with van der Waals surface area (Å²) in [5.41, 5.74) is 0. The smallest absolute Gasteiger partial charge is 0.0386 e. The number of nitrogens with zero attached hydrogens (tertiary/aromatic N) is 1. The zero-order chi connectivity index (χ0) is 11.1. The lowest BCUT2D eigenvalue weighted by Crippen LogP contribution is -2.30. The van der Waals surface area contributed by atoms with Gasteiger partial charge in [-0.05, 0) is 38.4 Å². The largest absolute Gasteiger partial charge is 0.308 e. The third-order valence-electron chi connectivity index (χ3n) is 2.52. The Labute approximate surface area is 97.3 Å². The summed E-state index contributed by atoms with van der Waals surface area (Å²) >= 11 is 1.82. The summed E-state index contributed by atoms with van der Waals surface area (Å²) in [6, 6.07) is 4.79. The Kier molecular flexibility index (Phi) is 5.91. The van der Waals surface area contributed by atoms with Crippen LogP contribution in [0.5, 0.6) is 0 Å². The lowest BCUT2D eigenvalue weighted by Gasteiger charge is -2.18. The standard InChI is InChI=1S/C12H22N2S/c1-4-8-14(3)9-7-13-11(2)12-6-5-10-15-12/h5-6,10-11,13H,4,7-9H2,1-3H3. The van der Waals surface area contributed by atoms with Crippen molar-refractivity contribution in [2.24, 2.45) is 0 Å². The Morgan fingerprint density at radius 1 is 1.47 bits per heavy atom. The molecular formula is C12H22N2S. The summed E-state index contributed by atoms with van der Waals surface area (Å²) in [5.74, 6) is 0. The monoisotopic (exact) mass is 226 g/mol. The first-order valence-electron chi connectivity index (χ1n) is 5.69. The molecule has 1 aromatic rings. The Morgan fingerprint density at radius 3 is 2.87 bits per heavy atom. The number of hydrogen-bond donors (Lipinski definition) is 1. The van der Waals surface area contributed by atoms with Crippen LogP contribution in [0.1, 0.15) is 31.2 Å². The van der Waals surface area contributed by atoms with E-state index in [1.54, 1.807) is 0 Å². The van der Waals surface area contributed by atoms with Crippen LogP contribution in [0, 0.1) is 0 Å². The molecule has 1 N–H and O–H groups in total. The lowest BCUT2D eigenvalue weighted by atomic mass is 10.3. The van der Waals surface area contributed by atoms with Crippen LogP contribution in [0.2, 0.25) is 0 Å². The molecule has 86 valence electrons. The zero-order valence-corrected chi connectivity index (χ0v) is 10.8. The van der Waals surface area contributed by atoms with E-state index in [0.717, 1.165) is 13.1 Å². The predicted molar refractivity (Wildman–Crippen MR) is 68.5 cm³/mol. The highest BCUT2D eigenvalue weighted by atomic mass is 32.1. The second-order valence-electron chi connectivity index (χ2n) is 3.99. The molecule has 0 aliphatic carbocycles. The van der Waals surface area contributed by atoms with E-state index in [2.05, 4.69) is 48.6 Å². The van der Waals surface area contributed by atoms with Crippen LogP contribution < -0.4 is 5.32 Å². The first-order chi connectivity index (χ1) is 7.24. The quantitative estimate of drug-likeness (QED) is 0.769. The molecule has 0 amide bonds. The van der Waals surface area contributed by atoms with Crippen LogP contribution in [0.25, 0.3) is 0 Å². The summed E-state index contributed by atoms with van der Waals surface area (Å²) in [7, 11) is 2.18. The van der Waals surface area contributed by atoms with Crippen LogP contribution >= 0.6 is 11.3 Å². The Hall–Kier alpha value is -0.380. The first-order valence-corrected chi connectivity index (χ1v) is 6.57. The summed E-state index contributed by atoms with van der Waals surface area (Å²) in [4.78, 5) is 3.79. The van der Waals surface area contributed by atoms with E-state index in [-0.39, 0.29) is 0 Å². The molecule has 1 atom stereocenters. The van der Waals surface area contributed by atoms with E-state index in [9.17, 15) is 0 Å². The minimum absolute atomic E-state index is 0.486. The van der Waals surface area contributed by atoms with Gasteiger partial charge >= 0.3 is 0 Å². The van der Waals surface area contributed by atoms with Crippen LogP contribution in [0.15, 0.2) is 17.5 Å². The second kappa shape index (κ2) is 6.99. The molecule has 2 nitrogen and oxygen atoms in total. The van der Waals surface area contributed by atoms with Crippen LogP contribution in [-0.4, -0.2) is 31.6 Å². The molecule has 1 rings (SSSR count). The average molecular weight is 226 g/mol. The molecule has 1 heterocycles. The summed E-state index contributed by atoms with van der Waals surface area (Å²) in [6.45, 7) is 7.83. The van der Waals surface area contributed by atoms with Gasteiger partial charge in [0.05, 0.1) is 0 Å². The van der Waals surface area contributed by atoms with Crippen LogP contribution in [-0.2, 0) is 0 Å². The van der Waals surface area contributed by atoms with Crippen molar-refractivity contribution >= 4 is 11.3 Å². The maximum Gasteiger partial charge on any atom is 0.0386 e. The SMILES string of the molecule is CCCN(C)CCNC(C)c1cccs1. The summed E-state index contributed by atoms with van der Waals surface area (Å²) in [6.07, 6.45) is 1.23. The molecule has 0 bridgehead atoms. The number of rotatable bonds is 7. The van der Waals surface area contributed by atoms with E-state index in [1.165, 1.54) is 17.8 Å². The highest BCUT2D eigenvalue weighted by Crippen LogP contribution is 2.17. The highest BCUT2D eigenvalue weighted by molar-refractivity contribution is 7.10. The number of hydrogen-bond acceptors (Lipinski definition) is 3. The molecule has 0 aliphatic heterocycles. The molecule has 0 saturated heterocycles. The van der Waals surface area contributed by atoms with Gasteiger partial charge in [-0.1, -0.05) is 13.0 Å². The van der Waals surface area contributed by atoms with E-state index in [1.807, 2.05) is 11.3 Å². The molecular weight excluding hydrogens is 204 g/mol. The van der Waals surface area contributed by atoms with Gasteiger partial charge in [-0.25, -0.2) is 0 Å². The van der Waals surface area contributed by atoms with Crippen molar-refractivity contribution < 1.29 is 0 Å². The second-order valence-corrected chi connectivity index (χ2v) is 4.97. The summed E-state index contributed by atoms with van der Waals surface area (Å²) < 4.78 is 0. The molecule has 0 radical (unpaired) electrons. The Balaban J connectivity index is 2.15. The van der Waals surface area contributed by atoms with Gasteiger partial charge in [0.25, 0.3) is 0 Å². The molecule has 0 aliphatic rings. The third kappa shape index (κ3) is 4.78. The Morgan fingerprint density at radius 2 is 2.27 bits per heavy atom. The highest BCUT2D eigenvalue weighted by Gasteiger charge is 2.05. The fourth-order valence-corrected chi connectivity index (χ4v) is 2.36. The van der Waals surface area contributed by atoms with Crippen LogP contribution in [0.3, 0.4) is 0 Å². The number of likely N-dealkylation sites (N-methyl/N-ethyl adjacent to an activating group) is 1. The van der Waals surface area contributed by atoms with Gasteiger partial charge in [0, 0.05) is 24.0 Å². The van der Waals surface area contributed by atoms with Gasteiger partial charge in [0.1, 0.15) is 0 Å². The normalized spacial score (nSPS) is 13.3. The van der Waals surface area contributed by atoms with E-state index in [0.29, 0.717) is 6.04 Å². The molecule has 15 heavy (non-hydrogen) atoms. The molecule has 0 saturated carbocycles. The topological polar surface area (TPSA) is 15.3 Å². The first kappa shape index (κ1) is 12.7. The van der Waals surface area contributed by atoms with Crippen molar-refractivity contribution in [3.8, 4) is 0 Å². The lowest BCUT2D eigenvalue weighted by molar-refractivity contribution is 0.327. The third-order valence-corrected chi connectivity index (χ3v) is 3.57. The van der Waals surface area contributed by atoms with Crippen molar-refractivity contribution in [3.05, 3.63) is 22.4 Å². The number of thiophene rings is 1. The van der Waals surface area contributed by atoms with Crippen molar-refractivity contribution in [3.63, 3.8) is 0 Å². The van der Waals surface area contributed by atoms with Crippen LogP contribution in [0.4, 0.5) is 0 Å². The Bertz CT molecular complexity index is 246. The average Bonchev–Trinajstić information content (AvgIpc) is 2.70. The van der Waals surface area contributed by atoms with E-state index < -0.39 is 0 Å². The fourth-order valence-electron chi connectivity index (χ4n) is 1.60. The van der Waals surface area contributed by atoms with Gasteiger partial charge in [-0.2, -0.15) is 0 Å². The number of nitrogens with one attached hydrogen (secondary N) is 1. The molecule has 1 unspecified atom stereocenters. The molecule has 0 fully saturated rings. The molecule has 0 aromatic carbocycles. The maximum atomic E-state index is 3.54. The molecule has 0 spiro atoms. The molecule has 3 heteroatoms. The van der Waals surface area contributed by atoms with Gasteiger partial charge in [-0.3, -0.25) is 0 Å². The van der Waals surface area contributed by atoms with Crippen molar-refractivity contribution in [2.45, 2.75) is 26.3 Å². The maximum absolute atomic E-state index is 3.54. The predicted octanol–water partition coefficient (Wildman–Crippen LogP) is 2.74. The fraction of sp³-hybridized carbons (Fsp3) is 0.667. The molecule has 1 aromatic heterocycles. The van der Waals surface area contributed by atoms with Gasteiger partial charge in [0.2, 0.25) is 0 Å². The minimum Gasteiger partial charge on any atom is -0.308 e. The zero-order valence-electron chi connectivity index (χ0n) is 9.99. The van der Waals surface area contributed by atoms with Gasteiger partial charge in [-0.15, -0.1) is 11.3 Å². The van der Waals surface area contributed by atoms with Crippen molar-refractivity contribution in [1.29, 1.82) is 0 Å². The van der Waals surface area contributed by atoms with Gasteiger partial charge in [0.15, 0.2) is 0 Å². The summed E-state index contributed by atoms with van der Waals surface area (Å²) in [5, 5.41) is 5.68. The van der Waals surface area contributed by atoms with E-state index in [4.69, 9.17) is 0 Å². The van der Waals surface area contributed by atoms with E-state index >= 15 is 0 Å².